The van der Waals surface area contributed by atoms with Crippen LogP contribution in [0, 0.1) is 15.5 Å². The highest BCUT2D eigenvalue weighted by Crippen LogP contribution is 2.41. The van der Waals surface area contributed by atoms with E-state index in [-0.39, 0.29) is 18.0 Å². The molecule has 1 fully saturated rings. The van der Waals surface area contributed by atoms with Gasteiger partial charge in [-0.1, -0.05) is 25.0 Å². The van der Waals surface area contributed by atoms with E-state index in [1.807, 2.05) is 0 Å². The zero-order chi connectivity index (χ0) is 19.2. The molecular formula is C18H25N3O5. The fourth-order valence-electron chi connectivity index (χ4n) is 3.55. The average molecular weight is 363 g/mol. The molecule has 0 radical (unpaired) electrons. The summed E-state index contributed by atoms with van der Waals surface area (Å²) in [7, 11) is 1.27. The summed E-state index contributed by atoms with van der Waals surface area (Å²) in [6.45, 7) is 0.415. The number of nitro groups is 1. The Morgan fingerprint density at radius 1 is 1.31 bits per heavy atom. The summed E-state index contributed by atoms with van der Waals surface area (Å²) in [5, 5.41) is 13.6. The van der Waals surface area contributed by atoms with Crippen LogP contribution in [0.1, 0.15) is 37.7 Å². The molecule has 0 unspecified atom stereocenters. The van der Waals surface area contributed by atoms with Crippen LogP contribution >= 0.6 is 0 Å². The average Bonchev–Trinajstić information content (AvgIpc) is 3.11. The molecule has 0 spiro atoms. The fraction of sp³-hybridized carbons (Fsp3) is 0.556. The smallest absolute Gasteiger partial charge is 0.328 e. The predicted molar refractivity (Wildman–Crippen MR) is 95.3 cm³/mol. The van der Waals surface area contributed by atoms with Gasteiger partial charge in [0.25, 0.3) is 5.69 Å². The molecule has 0 heterocycles. The molecule has 1 atom stereocenters. The Balaban J connectivity index is 2.13. The third-order valence-electron chi connectivity index (χ3n) is 5.04. The summed E-state index contributed by atoms with van der Waals surface area (Å²) in [5.41, 5.74) is 5.84. The van der Waals surface area contributed by atoms with Crippen molar-refractivity contribution in [2.45, 2.75) is 44.6 Å². The van der Waals surface area contributed by atoms with Crippen molar-refractivity contribution in [1.82, 2.24) is 5.32 Å². The number of nitro benzene ring substituents is 1. The standard InChI is InChI=1S/C18H25N3O5/c1-26-16(22)15(12-13-4-6-14(7-5-13)21(24)25)20-17(23)18(10-11-19)8-2-3-9-18/h4-7,15H,2-3,8-12,19H2,1H3,(H,20,23)/t15-/m0/s1. The van der Waals surface area contributed by atoms with Crippen molar-refractivity contribution in [2.75, 3.05) is 13.7 Å². The zero-order valence-electron chi connectivity index (χ0n) is 14.9. The number of amides is 1. The maximum atomic E-state index is 12.9. The maximum Gasteiger partial charge on any atom is 0.328 e. The summed E-state index contributed by atoms with van der Waals surface area (Å²) in [6, 6.07) is 5.05. The molecule has 8 nitrogen and oxygen atoms in total. The number of nitrogens with zero attached hydrogens (tertiary/aromatic N) is 1. The second-order valence-electron chi connectivity index (χ2n) is 6.70. The van der Waals surface area contributed by atoms with Crippen molar-refractivity contribution in [1.29, 1.82) is 0 Å². The SMILES string of the molecule is COC(=O)[C@H](Cc1ccc([N+](=O)[O-])cc1)NC(=O)C1(CCN)CCCC1. The second kappa shape index (κ2) is 8.75. The van der Waals surface area contributed by atoms with E-state index in [0.29, 0.717) is 18.5 Å². The van der Waals surface area contributed by atoms with E-state index in [9.17, 15) is 19.7 Å². The lowest BCUT2D eigenvalue weighted by atomic mass is 9.81. The highest BCUT2D eigenvalue weighted by Gasteiger charge is 2.41. The van der Waals surface area contributed by atoms with Crippen LogP contribution in [0.25, 0.3) is 0 Å². The Kier molecular flexibility index (Phi) is 6.68. The lowest BCUT2D eigenvalue weighted by Crippen LogP contribution is -2.49. The topological polar surface area (TPSA) is 125 Å². The van der Waals surface area contributed by atoms with Crippen LogP contribution in [-0.4, -0.2) is 36.5 Å². The molecular weight excluding hydrogens is 338 g/mol. The van der Waals surface area contributed by atoms with Gasteiger partial charge in [-0.3, -0.25) is 14.9 Å². The van der Waals surface area contributed by atoms with Crippen molar-refractivity contribution < 1.29 is 19.2 Å². The molecule has 1 saturated carbocycles. The summed E-state index contributed by atoms with van der Waals surface area (Å²) < 4.78 is 4.82. The second-order valence-corrected chi connectivity index (χ2v) is 6.70. The number of non-ortho nitro benzene ring substituents is 1. The maximum absolute atomic E-state index is 12.9. The van der Waals surface area contributed by atoms with E-state index in [0.717, 1.165) is 25.7 Å². The van der Waals surface area contributed by atoms with E-state index >= 15 is 0 Å². The van der Waals surface area contributed by atoms with Crippen molar-refractivity contribution in [3.05, 3.63) is 39.9 Å². The number of methoxy groups -OCH3 is 1. The summed E-state index contributed by atoms with van der Waals surface area (Å²) >= 11 is 0. The van der Waals surface area contributed by atoms with Gasteiger partial charge in [0.15, 0.2) is 0 Å². The zero-order valence-corrected chi connectivity index (χ0v) is 14.9. The molecule has 2 rings (SSSR count). The van der Waals surface area contributed by atoms with Crippen molar-refractivity contribution in [2.24, 2.45) is 11.1 Å². The number of hydrogen-bond acceptors (Lipinski definition) is 6. The number of ether oxygens (including phenoxy) is 1. The molecule has 1 aliphatic carbocycles. The molecule has 1 aromatic rings. The van der Waals surface area contributed by atoms with Gasteiger partial charge in [0.05, 0.1) is 17.4 Å². The number of carbonyl (C=O) groups excluding carboxylic acids is 2. The van der Waals surface area contributed by atoms with Gasteiger partial charge in [0.1, 0.15) is 6.04 Å². The van der Waals surface area contributed by atoms with Gasteiger partial charge >= 0.3 is 5.97 Å². The lowest BCUT2D eigenvalue weighted by molar-refractivity contribution is -0.384. The van der Waals surface area contributed by atoms with Gasteiger partial charge < -0.3 is 15.8 Å². The van der Waals surface area contributed by atoms with Crippen LogP contribution in [0.4, 0.5) is 5.69 Å². The summed E-state index contributed by atoms with van der Waals surface area (Å²) in [4.78, 5) is 35.2. The number of rotatable bonds is 8. The minimum atomic E-state index is -0.843. The minimum absolute atomic E-state index is 0.0275. The van der Waals surface area contributed by atoms with E-state index in [4.69, 9.17) is 10.5 Å². The van der Waals surface area contributed by atoms with E-state index in [2.05, 4.69) is 5.32 Å². The van der Waals surface area contributed by atoms with Crippen molar-refractivity contribution >= 4 is 17.6 Å². The van der Waals surface area contributed by atoms with Crippen LogP contribution < -0.4 is 11.1 Å². The Bertz CT molecular complexity index is 653. The first-order valence-electron chi connectivity index (χ1n) is 8.74. The molecule has 0 aromatic heterocycles. The Hall–Kier alpha value is -2.48. The Labute approximate surface area is 152 Å². The highest BCUT2D eigenvalue weighted by atomic mass is 16.6. The van der Waals surface area contributed by atoms with E-state index in [1.54, 1.807) is 12.1 Å². The number of carbonyl (C=O) groups is 2. The number of benzene rings is 1. The van der Waals surface area contributed by atoms with Gasteiger partial charge in [0.2, 0.25) is 5.91 Å². The van der Waals surface area contributed by atoms with Gasteiger partial charge in [0, 0.05) is 18.6 Å². The predicted octanol–water partition coefficient (Wildman–Crippen LogP) is 1.70. The van der Waals surface area contributed by atoms with E-state index < -0.39 is 22.3 Å². The highest BCUT2D eigenvalue weighted by molar-refractivity contribution is 5.88. The number of nitrogens with two attached hydrogens (primary N) is 1. The van der Waals surface area contributed by atoms with Crippen molar-refractivity contribution in [3.8, 4) is 0 Å². The van der Waals surface area contributed by atoms with Crippen LogP contribution in [0.5, 0.6) is 0 Å². The molecule has 3 N–H and O–H groups in total. The third kappa shape index (κ3) is 4.57. The Morgan fingerprint density at radius 2 is 1.92 bits per heavy atom. The fourth-order valence-corrected chi connectivity index (χ4v) is 3.55. The molecule has 142 valence electrons. The van der Waals surface area contributed by atoms with E-state index in [1.165, 1.54) is 19.2 Å². The number of esters is 1. The quantitative estimate of drug-likeness (QED) is 0.411. The number of nitrogens with one attached hydrogen (secondary N) is 1. The first-order valence-corrected chi connectivity index (χ1v) is 8.74. The monoisotopic (exact) mass is 363 g/mol. The van der Waals surface area contributed by atoms with Gasteiger partial charge in [-0.25, -0.2) is 4.79 Å². The molecule has 1 aliphatic rings. The van der Waals surface area contributed by atoms with Crippen LogP contribution in [0.15, 0.2) is 24.3 Å². The number of hydrogen-bond donors (Lipinski definition) is 2. The van der Waals surface area contributed by atoms with Crippen LogP contribution in [0.3, 0.4) is 0 Å². The molecule has 0 bridgehead atoms. The Morgan fingerprint density at radius 3 is 2.42 bits per heavy atom. The third-order valence-corrected chi connectivity index (χ3v) is 5.04. The molecule has 0 aliphatic heterocycles. The van der Waals surface area contributed by atoms with Gasteiger partial charge in [-0.15, -0.1) is 0 Å². The van der Waals surface area contributed by atoms with Gasteiger partial charge in [-0.05, 0) is 31.4 Å². The molecule has 8 heteroatoms. The van der Waals surface area contributed by atoms with Crippen LogP contribution in [0.2, 0.25) is 0 Å². The van der Waals surface area contributed by atoms with Gasteiger partial charge in [-0.2, -0.15) is 0 Å². The summed E-state index contributed by atoms with van der Waals surface area (Å²) in [5.74, 6) is -0.713. The minimum Gasteiger partial charge on any atom is -0.467 e. The largest absolute Gasteiger partial charge is 0.467 e. The molecule has 1 aromatic carbocycles. The molecule has 1 amide bonds. The first kappa shape index (κ1) is 19.8. The van der Waals surface area contributed by atoms with Crippen LogP contribution in [-0.2, 0) is 20.7 Å². The summed E-state index contributed by atoms with van der Waals surface area (Å²) in [6.07, 6.45) is 4.26. The lowest BCUT2D eigenvalue weighted by Gasteiger charge is -2.29. The van der Waals surface area contributed by atoms with Crippen molar-refractivity contribution in [3.63, 3.8) is 0 Å². The molecule has 0 saturated heterocycles. The first-order chi connectivity index (χ1) is 12.4. The molecule has 26 heavy (non-hydrogen) atoms. The normalized spacial score (nSPS) is 16.7.